The van der Waals surface area contributed by atoms with E-state index in [1.807, 2.05) is 19.9 Å². The summed E-state index contributed by atoms with van der Waals surface area (Å²) in [7, 11) is 0. The van der Waals surface area contributed by atoms with Crippen LogP contribution in [0, 0.1) is 11.8 Å². The molecule has 3 amide bonds. The molecular weight excluding hydrogens is 488 g/mol. The van der Waals surface area contributed by atoms with Gasteiger partial charge in [-0.05, 0) is 23.8 Å². The number of hydrogen-bond acceptors (Lipinski definition) is 7. The summed E-state index contributed by atoms with van der Waals surface area (Å²) in [5.41, 5.74) is 4.78. The number of amides is 3. The predicted octanol–water partition coefficient (Wildman–Crippen LogP) is 1.54. The third-order valence-electron chi connectivity index (χ3n) is 6.79. The molecule has 0 saturated heterocycles. The van der Waals surface area contributed by atoms with Crippen molar-refractivity contribution in [1.29, 1.82) is 0 Å². The van der Waals surface area contributed by atoms with Gasteiger partial charge in [0.05, 0.1) is 25.1 Å². The molecule has 0 heterocycles. The van der Waals surface area contributed by atoms with E-state index in [2.05, 4.69) is 16.0 Å². The highest BCUT2D eigenvalue weighted by Gasteiger charge is 2.45. The van der Waals surface area contributed by atoms with Gasteiger partial charge in [0.1, 0.15) is 6.61 Å². The van der Waals surface area contributed by atoms with Crippen molar-refractivity contribution in [2.24, 2.45) is 17.6 Å². The summed E-state index contributed by atoms with van der Waals surface area (Å²) in [4.78, 5) is 50.6. The van der Waals surface area contributed by atoms with E-state index in [9.17, 15) is 24.3 Å². The maximum absolute atomic E-state index is 13.5. The number of nitrogens with two attached hydrogens (primary N) is 1. The van der Waals surface area contributed by atoms with E-state index in [-0.39, 0.29) is 30.8 Å². The molecule has 1 saturated carbocycles. The summed E-state index contributed by atoms with van der Waals surface area (Å²) in [5, 5.41) is 18.9. The number of hydrogen-bond donors (Lipinski definition) is 5. The molecular formula is C28H44N4O6. The molecule has 1 aromatic rings. The quantitative estimate of drug-likeness (QED) is 0.179. The Morgan fingerprint density at radius 3 is 2.34 bits per heavy atom. The van der Waals surface area contributed by atoms with Gasteiger partial charge >= 0.3 is 5.97 Å². The number of benzene rings is 1. The molecule has 0 radical (unpaired) electrons. The minimum Gasteiger partial charge on any atom is -0.459 e. The molecule has 0 aromatic heterocycles. The fraction of sp³-hybridized carbons (Fsp3) is 0.643. The van der Waals surface area contributed by atoms with Crippen molar-refractivity contribution in [2.45, 2.75) is 90.0 Å². The molecule has 0 unspecified atom stereocenters. The largest absolute Gasteiger partial charge is 0.459 e. The zero-order chi connectivity index (χ0) is 28.1. The monoisotopic (exact) mass is 532 g/mol. The number of nitrogens with one attached hydrogen (secondary N) is 3. The Hall–Kier alpha value is -2.98. The van der Waals surface area contributed by atoms with E-state index in [4.69, 9.17) is 10.5 Å². The first kappa shape index (κ1) is 31.2. The van der Waals surface area contributed by atoms with E-state index < -0.39 is 42.0 Å². The van der Waals surface area contributed by atoms with Gasteiger partial charge in [0.2, 0.25) is 17.4 Å². The Kier molecular flexibility index (Phi) is 12.7. The molecule has 1 aliphatic rings. The van der Waals surface area contributed by atoms with Crippen LogP contribution in [-0.4, -0.2) is 59.6 Å². The van der Waals surface area contributed by atoms with Gasteiger partial charge < -0.3 is 31.5 Å². The van der Waals surface area contributed by atoms with E-state index in [1.54, 1.807) is 24.3 Å². The second kappa shape index (κ2) is 15.4. The molecule has 0 aliphatic heterocycles. The first-order chi connectivity index (χ1) is 18.0. The van der Waals surface area contributed by atoms with Gasteiger partial charge in [-0.3, -0.25) is 14.4 Å². The van der Waals surface area contributed by atoms with Crippen molar-refractivity contribution in [2.75, 3.05) is 13.1 Å². The number of aliphatic hydroxyl groups is 1. The van der Waals surface area contributed by atoms with Crippen LogP contribution in [0.5, 0.6) is 0 Å². The van der Waals surface area contributed by atoms with Crippen LogP contribution < -0.4 is 21.7 Å². The van der Waals surface area contributed by atoms with Crippen molar-refractivity contribution in [3.63, 3.8) is 0 Å². The van der Waals surface area contributed by atoms with Gasteiger partial charge in [-0.15, -0.1) is 0 Å². The number of carbonyl (C=O) groups is 4. The minimum absolute atomic E-state index is 0.101. The van der Waals surface area contributed by atoms with E-state index in [1.165, 1.54) is 6.92 Å². The van der Waals surface area contributed by atoms with Gasteiger partial charge in [-0.1, -0.05) is 76.3 Å². The zero-order valence-corrected chi connectivity index (χ0v) is 22.8. The lowest BCUT2D eigenvalue weighted by atomic mass is 9.83. The lowest BCUT2D eigenvalue weighted by Crippen LogP contribution is -2.67. The van der Waals surface area contributed by atoms with Gasteiger partial charge in [0.25, 0.3) is 5.91 Å². The van der Waals surface area contributed by atoms with Crippen LogP contribution in [-0.2, 0) is 30.5 Å². The fourth-order valence-electron chi connectivity index (χ4n) is 4.47. The summed E-state index contributed by atoms with van der Waals surface area (Å²) in [5.74, 6) is -2.17. The first-order valence-electron chi connectivity index (χ1n) is 13.5. The minimum atomic E-state index is -2.23. The normalized spacial score (nSPS) is 17.1. The predicted molar refractivity (Wildman–Crippen MR) is 143 cm³/mol. The highest BCUT2D eigenvalue weighted by molar-refractivity contribution is 6.08. The maximum Gasteiger partial charge on any atom is 0.338 e. The third kappa shape index (κ3) is 10.4. The second-order valence-corrected chi connectivity index (χ2v) is 10.7. The number of aliphatic hydroxyl groups excluding tert-OH is 1. The summed E-state index contributed by atoms with van der Waals surface area (Å²) in [6.45, 7) is 5.07. The van der Waals surface area contributed by atoms with Gasteiger partial charge in [0.15, 0.2) is 0 Å². The van der Waals surface area contributed by atoms with Crippen molar-refractivity contribution < 1.29 is 29.0 Å². The highest BCUT2D eigenvalue weighted by Crippen LogP contribution is 2.28. The van der Waals surface area contributed by atoms with Gasteiger partial charge in [-0.25, -0.2) is 4.79 Å². The molecule has 0 bridgehead atoms. The molecule has 0 spiro atoms. The van der Waals surface area contributed by atoms with E-state index in [0.717, 1.165) is 32.1 Å². The Labute approximate surface area is 225 Å². The number of ether oxygens (including phenoxy) is 1. The smallest absolute Gasteiger partial charge is 0.338 e. The summed E-state index contributed by atoms with van der Waals surface area (Å²) < 4.78 is 5.35. The molecule has 6 N–H and O–H groups in total. The average Bonchev–Trinajstić information content (AvgIpc) is 2.89. The third-order valence-corrected chi connectivity index (χ3v) is 6.79. The van der Waals surface area contributed by atoms with Gasteiger partial charge in [-0.2, -0.15) is 0 Å². The molecule has 1 aliphatic carbocycles. The van der Waals surface area contributed by atoms with Crippen LogP contribution in [0.1, 0.15) is 71.3 Å². The average molecular weight is 533 g/mol. The second-order valence-electron chi connectivity index (χ2n) is 10.7. The molecule has 38 heavy (non-hydrogen) atoms. The van der Waals surface area contributed by atoms with Crippen molar-refractivity contribution in [3.05, 3.63) is 35.9 Å². The molecule has 3 atom stereocenters. The molecule has 10 heteroatoms. The van der Waals surface area contributed by atoms with Crippen LogP contribution in [0.25, 0.3) is 0 Å². The highest BCUT2D eigenvalue weighted by atomic mass is 16.5. The molecule has 1 fully saturated rings. The SMILES string of the molecule is CC(=O)NC[C@](N)(C(=O)N[C@@H](CC1CCCCC1)[C@@H](O)CC(=O)NCC(C)C)C(=O)OCc1ccccc1. The number of rotatable bonds is 14. The van der Waals surface area contributed by atoms with Crippen molar-refractivity contribution >= 4 is 23.7 Å². The van der Waals surface area contributed by atoms with E-state index >= 15 is 0 Å². The van der Waals surface area contributed by atoms with Crippen LogP contribution in [0.2, 0.25) is 0 Å². The van der Waals surface area contributed by atoms with Crippen molar-refractivity contribution in [1.82, 2.24) is 16.0 Å². The fourth-order valence-corrected chi connectivity index (χ4v) is 4.47. The van der Waals surface area contributed by atoms with Crippen LogP contribution in [0.3, 0.4) is 0 Å². The Morgan fingerprint density at radius 2 is 1.74 bits per heavy atom. The summed E-state index contributed by atoms with van der Waals surface area (Å²) >= 11 is 0. The van der Waals surface area contributed by atoms with Crippen molar-refractivity contribution in [3.8, 4) is 0 Å². The summed E-state index contributed by atoms with van der Waals surface area (Å²) in [6, 6.07) is 8.12. The van der Waals surface area contributed by atoms with Crippen LogP contribution in [0.4, 0.5) is 0 Å². The van der Waals surface area contributed by atoms with Crippen LogP contribution >= 0.6 is 0 Å². The lowest BCUT2D eigenvalue weighted by molar-refractivity contribution is -0.156. The summed E-state index contributed by atoms with van der Waals surface area (Å²) in [6.07, 6.45) is 4.24. The number of carbonyl (C=O) groups excluding carboxylic acids is 4. The Balaban J connectivity index is 2.18. The molecule has 1 aromatic carbocycles. The van der Waals surface area contributed by atoms with Gasteiger partial charge in [0, 0.05) is 13.5 Å². The zero-order valence-electron chi connectivity index (χ0n) is 22.8. The lowest BCUT2D eigenvalue weighted by Gasteiger charge is -2.33. The topological polar surface area (TPSA) is 160 Å². The molecule has 2 rings (SSSR count). The first-order valence-corrected chi connectivity index (χ1v) is 13.5. The molecule has 10 nitrogen and oxygen atoms in total. The molecule has 212 valence electrons. The Bertz CT molecular complexity index is 919. The van der Waals surface area contributed by atoms with Crippen LogP contribution in [0.15, 0.2) is 30.3 Å². The van der Waals surface area contributed by atoms with E-state index in [0.29, 0.717) is 18.5 Å². The standard InChI is InChI=1S/C28H44N4O6/c1-19(2)16-30-25(35)15-24(34)23(14-21-10-6-4-7-11-21)32-26(36)28(29,18-31-20(3)33)27(37)38-17-22-12-8-5-9-13-22/h5,8-9,12-13,19,21,23-24,34H,4,6-7,10-11,14-18,29H2,1-3H3,(H,30,35)(H,31,33)(H,32,36)/t23-,24-,28-/m0/s1. The Morgan fingerprint density at radius 1 is 1.08 bits per heavy atom. The maximum atomic E-state index is 13.5. The number of esters is 1.